The van der Waals surface area contributed by atoms with Gasteiger partial charge in [0, 0.05) is 5.02 Å². The second-order valence-corrected chi connectivity index (χ2v) is 4.90. The Morgan fingerprint density at radius 2 is 1.95 bits per heavy atom. The molecule has 1 amide bonds. The first-order chi connectivity index (χ1) is 10.1. The predicted octanol–water partition coefficient (Wildman–Crippen LogP) is 3.22. The molecule has 0 atom stereocenters. The SMILES string of the molecule is O=C(Cc1cccc(F)c1)NCCOc1ccc(Cl)cc1. The van der Waals surface area contributed by atoms with Gasteiger partial charge in [-0.05, 0) is 42.0 Å². The van der Waals surface area contributed by atoms with E-state index < -0.39 is 0 Å². The van der Waals surface area contributed by atoms with Gasteiger partial charge in [-0.3, -0.25) is 4.79 Å². The molecular formula is C16H15ClFNO2. The van der Waals surface area contributed by atoms with Crippen molar-refractivity contribution in [1.29, 1.82) is 0 Å². The number of nitrogens with one attached hydrogen (secondary N) is 1. The Labute approximate surface area is 127 Å². The third kappa shape index (κ3) is 5.44. The topological polar surface area (TPSA) is 38.3 Å². The minimum absolute atomic E-state index is 0.151. The lowest BCUT2D eigenvalue weighted by atomic mass is 10.1. The molecule has 0 unspecified atom stereocenters. The van der Waals surface area contributed by atoms with Gasteiger partial charge >= 0.3 is 0 Å². The van der Waals surface area contributed by atoms with Crippen molar-refractivity contribution >= 4 is 17.5 Å². The summed E-state index contributed by atoms with van der Waals surface area (Å²) >= 11 is 5.76. The zero-order chi connectivity index (χ0) is 15.1. The van der Waals surface area contributed by atoms with Gasteiger partial charge < -0.3 is 10.1 Å². The van der Waals surface area contributed by atoms with E-state index in [2.05, 4.69) is 5.32 Å². The molecule has 0 radical (unpaired) electrons. The van der Waals surface area contributed by atoms with Crippen LogP contribution in [0.4, 0.5) is 4.39 Å². The molecule has 21 heavy (non-hydrogen) atoms. The van der Waals surface area contributed by atoms with Crippen LogP contribution in [0.1, 0.15) is 5.56 Å². The minimum atomic E-state index is -0.341. The summed E-state index contributed by atoms with van der Waals surface area (Å²) in [5, 5.41) is 3.36. The minimum Gasteiger partial charge on any atom is -0.492 e. The van der Waals surface area contributed by atoms with Crippen LogP contribution in [-0.4, -0.2) is 19.1 Å². The van der Waals surface area contributed by atoms with Crippen molar-refractivity contribution in [3.8, 4) is 5.75 Å². The maximum atomic E-state index is 13.0. The Kier molecular flexibility index (Phi) is 5.58. The molecule has 1 N–H and O–H groups in total. The van der Waals surface area contributed by atoms with Crippen LogP contribution in [0, 0.1) is 5.82 Å². The smallest absolute Gasteiger partial charge is 0.224 e. The van der Waals surface area contributed by atoms with Crippen LogP contribution in [0.2, 0.25) is 5.02 Å². The number of halogens is 2. The van der Waals surface area contributed by atoms with Gasteiger partial charge in [0.2, 0.25) is 5.91 Å². The van der Waals surface area contributed by atoms with Gasteiger partial charge in [0.1, 0.15) is 18.2 Å². The molecule has 5 heteroatoms. The molecule has 0 saturated heterocycles. The highest BCUT2D eigenvalue weighted by Crippen LogP contribution is 2.15. The molecule has 2 aromatic carbocycles. The van der Waals surface area contributed by atoms with Crippen molar-refractivity contribution in [3.63, 3.8) is 0 Å². The van der Waals surface area contributed by atoms with E-state index in [1.807, 2.05) is 0 Å². The van der Waals surface area contributed by atoms with Crippen molar-refractivity contribution < 1.29 is 13.9 Å². The summed E-state index contributed by atoms with van der Waals surface area (Å²) in [6.07, 6.45) is 0.151. The molecule has 2 aromatic rings. The molecule has 0 spiro atoms. The molecule has 0 aliphatic carbocycles. The van der Waals surface area contributed by atoms with Gasteiger partial charge in [-0.15, -0.1) is 0 Å². The van der Waals surface area contributed by atoms with E-state index in [1.54, 1.807) is 36.4 Å². The van der Waals surface area contributed by atoms with Gasteiger partial charge in [-0.1, -0.05) is 23.7 Å². The first-order valence-corrected chi connectivity index (χ1v) is 6.91. The average Bonchev–Trinajstić information content (AvgIpc) is 2.45. The number of amides is 1. The molecule has 110 valence electrons. The molecular weight excluding hydrogens is 293 g/mol. The lowest BCUT2D eigenvalue weighted by Gasteiger charge is -2.08. The van der Waals surface area contributed by atoms with E-state index in [0.29, 0.717) is 29.5 Å². The van der Waals surface area contributed by atoms with Gasteiger partial charge in [-0.2, -0.15) is 0 Å². The normalized spacial score (nSPS) is 10.2. The van der Waals surface area contributed by atoms with E-state index in [-0.39, 0.29) is 18.1 Å². The molecule has 0 saturated carbocycles. The molecule has 0 heterocycles. The van der Waals surface area contributed by atoms with Crippen LogP contribution < -0.4 is 10.1 Å². The summed E-state index contributed by atoms with van der Waals surface area (Å²) in [5.74, 6) is 0.186. The predicted molar refractivity (Wildman–Crippen MR) is 80.1 cm³/mol. The van der Waals surface area contributed by atoms with Crippen molar-refractivity contribution in [2.45, 2.75) is 6.42 Å². The second kappa shape index (κ2) is 7.64. The third-order valence-electron chi connectivity index (χ3n) is 2.76. The lowest BCUT2D eigenvalue weighted by molar-refractivity contribution is -0.120. The Morgan fingerprint density at radius 1 is 1.19 bits per heavy atom. The first-order valence-electron chi connectivity index (χ1n) is 6.53. The van der Waals surface area contributed by atoms with E-state index >= 15 is 0 Å². The molecule has 2 rings (SSSR count). The number of rotatable bonds is 6. The van der Waals surface area contributed by atoms with Crippen molar-refractivity contribution in [1.82, 2.24) is 5.32 Å². The summed E-state index contributed by atoms with van der Waals surface area (Å²) in [7, 11) is 0. The number of hydrogen-bond donors (Lipinski definition) is 1. The fourth-order valence-corrected chi connectivity index (χ4v) is 1.91. The Bertz CT molecular complexity index is 601. The highest BCUT2D eigenvalue weighted by atomic mass is 35.5. The average molecular weight is 308 g/mol. The van der Waals surface area contributed by atoms with Crippen LogP contribution in [0.3, 0.4) is 0 Å². The maximum absolute atomic E-state index is 13.0. The van der Waals surface area contributed by atoms with E-state index in [0.717, 1.165) is 0 Å². The number of hydrogen-bond acceptors (Lipinski definition) is 2. The van der Waals surface area contributed by atoms with Gasteiger partial charge in [0.15, 0.2) is 0 Å². The standard InChI is InChI=1S/C16H15ClFNO2/c17-13-4-6-15(7-5-13)21-9-8-19-16(20)11-12-2-1-3-14(18)10-12/h1-7,10H,8-9,11H2,(H,19,20). The number of carbonyl (C=O) groups excluding carboxylic acids is 1. The summed E-state index contributed by atoms with van der Waals surface area (Å²) in [5.41, 5.74) is 0.645. The summed E-state index contributed by atoms with van der Waals surface area (Å²) < 4.78 is 18.4. The van der Waals surface area contributed by atoms with E-state index in [1.165, 1.54) is 12.1 Å². The molecule has 0 fully saturated rings. The molecule has 0 aliphatic heterocycles. The highest BCUT2D eigenvalue weighted by Gasteiger charge is 2.03. The third-order valence-corrected chi connectivity index (χ3v) is 3.01. The van der Waals surface area contributed by atoms with Gasteiger partial charge in [0.05, 0.1) is 13.0 Å². The fraction of sp³-hybridized carbons (Fsp3) is 0.188. The van der Waals surface area contributed by atoms with Crippen LogP contribution in [0.25, 0.3) is 0 Å². The Balaban J connectivity index is 1.68. The summed E-state index contributed by atoms with van der Waals surface area (Å²) in [6.45, 7) is 0.743. The van der Waals surface area contributed by atoms with Gasteiger partial charge in [-0.25, -0.2) is 4.39 Å². The largest absolute Gasteiger partial charge is 0.492 e. The van der Waals surface area contributed by atoms with Crippen molar-refractivity contribution in [2.24, 2.45) is 0 Å². The lowest BCUT2D eigenvalue weighted by Crippen LogP contribution is -2.29. The van der Waals surface area contributed by atoms with Crippen LogP contribution in [0.5, 0.6) is 5.75 Å². The molecule has 3 nitrogen and oxygen atoms in total. The molecule has 0 aliphatic rings. The van der Waals surface area contributed by atoms with Crippen LogP contribution in [-0.2, 0) is 11.2 Å². The Morgan fingerprint density at radius 3 is 2.67 bits per heavy atom. The van der Waals surface area contributed by atoms with Gasteiger partial charge in [0.25, 0.3) is 0 Å². The number of carbonyl (C=O) groups is 1. The quantitative estimate of drug-likeness (QED) is 0.832. The zero-order valence-corrected chi connectivity index (χ0v) is 12.1. The van der Waals surface area contributed by atoms with Crippen LogP contribution in [0.15, 0.2) is 48.5 Å². The monoisotopic (exact) mass is 307 g/mol. The van der Waals surface area contributed by atoms with Crippen molar-refractivity contribution in [2.75, 3.05) is 13.2 Å². The highest BCUT2D eigenvalue weighted by molar-refractivity contribution is 6.30. The summed E-state index contributed by atoms with van der Waals surface area (Å²) in [4.78, 5) is 11.7. The second-order valence-electron chi connectivity index (χ2n) is 4.46. The van der Waals surface area contributed by atoms with E-state index in [4.69, 9.17) is 16.3 Å². The molecule has 0 bridgehead atoms. The van der Waals surface area contributed by atoms with Crippen molar-refractivity contribution in [3.05, 3.63) is 64.9 Å². The number of benzene rings is 2. The van der Waals surface area contributed by atoms with Crippen LogP contribution >= 0.6 is 11.6 Å². The zero-order valence-electron chi connectivity index (χ0n) is 11.3. The molecule has 0 aromatic heterocycles. The Hall–Kier alpha value is -2.07. The summed E-state index contributed by atoms with van der Waals surface area (Å²) in [6, 6.07) is 13.0. The van der Waals surface area contributed by atoms with E-state index in [9.17, 15) is 9.18 Å². The number of ether oxygens (including phenoxy) is 1. The first kappa shape index (κ1) is 15.3. The fourth-order valence-electron chi connectivity index (χ4n) is 1.78. The maximum Gasteiger partial charge on any atom is 0.224 e.